The minimum Gasteiger partial charge on any atom is -0.370 e. The van der Waals surface area contributed by atoms with Crippen LogP contribution in [0.1, 0.15) is 62.5 Å². The first-order chi connectivity index (χ1) is 12.0. The summed E-state index contributed by atoms with van der Waals surface area (Å²) >= 11 is 0. The molecule has 0 amide bonds. The molecule has 0 fully saturated rings. The number of hydrogen-bond donors (Lipinski definition) is 2. The van der Waals surface area contributed by atoms with Crippen molar-refractivity contribution < 1.29 is 0 Å². The van der Waals surface area contributed by atoms with Crippen LogP contribution in [0.2, 0.25) is 0 Å². The van der Waals surface area contributed by atoms with E-state index in [-0.39, 0.29) is 0 Å². The SMILES string of the molecule is CCc1nn(C)c(CC)c1CN=C(N)Nc1ccc(C(C)CC)cc1. The number of hydrogen-bond acceptors (Lipinski definition) is 2. The number of nitrogens with zero attached hydrogens (tertiary/aromatic N) is 3. The molecule has 1 aromatic heterocycles. The molecule has 5 nitrogen and oxygen atoms in total. The number of benzene rings is 1. The second kappa shape index (κ2) is 8.70. The van der Waals surface area contributed by atoms with Gasteiger partial charge in [-0.25, -0.2) is 4.99 Å². The van der Waals surface area contributed by atoms with Gasteiger partial charge in [-0.3, -0.25) is 4.68 Å². The van der Waals surface area contributed by atoms with Gasteiger partial charge in [0.15, 0.2) is 5.96 Å². The molecule has 0 radical (unpaired) electrons. The lowest BCUT2D eigenvalue weighted by Gasteiger charge is -2.11. The minimum atomic E-state index is 0.434. The molecule has 0 saturated carbocycles. The van der Waals surface area contributed by atoms with E-state index < -0.39 is 0 Å². The van der Waals surface area contributed by atoms with Crippen molar-refractivity contribution in [2.24, 2.45) is 17.8 Å². The Balaban J connectivity index is 2.07. The Morgan fingerprint density at radius 3 is 2.44 bits per heavy atom. The molecule has 0 aliphatic heterocycles. The van der Waals surface area contributed by atoms with E-state index in [4.69, 9.17) is 5.73 Å². The van der Waals surface area contributed by atoms with Gasteiger partial charge in [0.1, 0.15) is 0 Å². The van der Waals surface area contributed by atoms with Gasteiger partial charge in [-0.1, -0.05) is 39.8 Å². The third-order valence-corrected chi connectivity index (χ3v) is 4.80. The van der Waals surface area contributed by atoms with Crippen LogP contribution >= 0.6 is 0 Å². The summed E-state index contributed by atoms with van der Waals surface area (Å²) in [6.45, 7) is 9.27. The summed E-state index contributed by atoms with van der Waals surface area (Å²) in [6, 6.07) is 8.41. The second-order valence-corrected chi connectivity index (χ2v) is 6.46. The number of aliphatic imine (C=N–C) groups is 1. The van der Waals surface area contributed by atoms with E-state index in [1.54, 1.807) is 0 Å². The van der Waals surface area contributed by atoms with Crippen molar-refractivity contribution in [2.75, 3.05) is 5.32 Å². The number of nitrogens with two attached hydrogens (primary N) is 1. The monoisotopic (exact) mass is 341 g/mol. The molecule has 1 heterocycles. The van der Waals surface area contributed by atoms with E-state index >= 15 is 0 Å². The Morgan fingerprint density at radius 2 is 1.88 bits per heavy atom. The van der Waals surface area contributed by atoms with Crippen molar-refractivity contribution in [3.8, 4) is 0 Å². The molecule has 0 saturated heterocycles. The molecular formula is C20H31N5. The number of rotatable bonds is 7. The molecule has 1 aromatic carbocycles. The van der Waals surface area contributed by atoms with Crippen LogP contribution in [-0.2, 0) is 26.4 Å². The maximum Gasteiger partial charge on any atom is 0.193 e. The van der Waals surface area contributed by atoms with Crippen LogP contribution in [0.3, 0.4) is 0 Å². The van der Waals surface area contributed by atoms with Crippen LogP contribution in [-0.4, -0.2) is 15.7 Å². The average molecular weight is 342 g/mol. The van der Waals surface area contributed by atoms with Gasteiger partial charge < -0.3 is 11.1 Å². The zero-order valence-electron chi connectivity index (χ0n) is 16.1. The summed E-state index contributed by atoms with van der Waals surface area (Å²) in [5, 5.41) is 7.76. The number of guanidine groups is 1. The molecule has 0 spiro atoms. The second-order valence-electron chi connectivity index (χ2n) is 6.46. The van der Waals surface area contributed by atoms with Gasteiger partial charge in [-0.15, -0.1) is 0 Å². The van der Waals surface area contributed by atoms with Crippen LogP contribution in [0.4, 0.5) is 5.69 Å². The topological polar surface area (TPSA) is 68.2 Å². The zero-order valence-corrected chi connectivity index (χ0v) is 16.1. The summed E-state index contributed by atoms with van der Waals surface area (Å²) in [6.07, 6.45) is 2.99. The molecule has 5 heteroatoms. The summed E-state index contributed by atoms with van der Waals surface area (Å²) < 4.78 is 1.96. The lowest BCUT2D eigenvalue weighted by molar-refractivity contribution is 0.703. The quantitative estimate of drug-likeness (QED) is 0.591. The normalized spacial score (nSPS) is 13.1. The van der Waals surface area contributed by atoms with Crippen molar-refractivity contribution in [2.45, 2.75) is 59.4 Å². The first-order valence-electron chi connectivity index (χ1n) is 9.20. The number of aryl methyl sites for hydroxylation is 2. The first kappa shape index (κ1) is 19.0. The summed E-state index contributed by atoms with van der Waals surface area (Å²) in [4.78, 5) is 4.52. The molecule has 2 aromatic rings. The van der Waals surface area contributed by atoms with E-state index in [0.29, 0.717) is 18.4 Å². The fourth-order valence-electron chi connectivity index (χ4n) is 3.05. The van der Waals surface area contributed by atoms with Crippen molar-refractivity contribution >= 4 is 11.6 Å². The lowest BCUT2D eigenvalue weighted by atomic mass is 9.99. The third-order valence-electron chi connectivity index (χ3n) is 4.80. The highest BCUT2D eigenvalue weighted by atomic mass is 15.3. The Hall–Kier alpha value is -2.30. The van der Waals surface area contributed by atoms with Crippen molar-refractivity contribution in [3.05, 3.63) is 46.8 Å². The predicted octanol–water partition coefficient (Wildman–Crippen LogP) is 3.99. The molecule has 136 valence electrons. The van der Waals surface area contributed by atoms with E-state index in [1.165, 1.54) is 16.8 Å². The van der Waals surface area contributed by atoms with Gasteiger partial charge in [0.2, 0.25) is 0 Å². The Labute approximate surface area is 151 Å². The van der Waals surface area contributed by atoms with E-state index in [9.17, 15) is 0 Å². The molecule has 25 heavy (non-hydrogen) atoms. The van der Waals surface area contributed by atoms with Crippen LogP contribution < -0.4 is 11.1 Å². The molecule has 0 bridgehead atoms. The molecule has 2 rings (SSSR count). The van der Waals surface area contributed by atoms with Crippen molar-refractivity contribution in [1.82, 2.24) is 9.78 Å². The van der Waals surface area contributed by atoms with Crippen molar-refractivity contribution in [1.29, 1.82) is 0 Å². The third kappa shape index (κ3) is 4.62. The molecule has 3 N–H and O–H groups in total. The van der Waals surface area contributed by atoms with Gasteiger partial charge in [-0.2, -0.15) is 5.10 Å². The largest absolute Gasteiger partial charge is 0.370 e. The fourth-order valence-corrected chi connectivity index (χ4v) is 3.05. The maximum atomic E-state index is 6.08. The zero-order chi connectivity index (χ0) is 18.4. The summed E-state index contributed by atoms with van der Waals surface area (Å²) in [5.41, 5.74) is 11.9. The molecule has 0 aliphatic carbocycles. The summed E-state index contributed by atoms with van der Waals surface area (Å²) in [5.74, 6) is 1.01. The van der Waals surface area contributed by atoms with Crippen molar-refractivity contribution in [3.63, 3.8) is 0 Å². The highest BCUT2D eigenvalue weighted by molar-refractivity contribution is 5.92. The highest BCUT2D eigenvalue weighted by Gasteiger charge is 2.13. The van der Waals surface area contributed by atoms with Crippen LogP contribution in [0.25, 0.3) is 0 Å². The maximum absolute atomic E-state index is 6.08. The van der Waals surface area contributed by atoms with Gasteiger partial charge in [0.05, 0.1) is 12.2 Å². The summed E-state index contributed by atoms with van der Waals surface area (Å²) in [7, 11) is 1.99. The van der Waals surface area contributed by atoms with Gasteiger partial charge in [0.25, 0.3) is 0 Å². The van der Waals surface area contributed by atoms with Crippen LogP contribution in [0, 0.1) is 0 Å². The lowest BCUT2D eigenvalue weighted by Crippen LogP contribution is -2.22. The first-order valence-corrected chi connectivity index (χ1v) is 9.20. The Bertz CT molecular complexity index is 712. The standard InChI is InChI=1S/C20H31N5/c1-6-14(4)15-9-11-16(12-10-15)23-20(21)22-13-17-18(7-2)24-25(5)19(17)8-3/h9-12,14H,6-8,13H2,1-5H3,(H3,21,22,23). The number of nitrogens with one attached hydrogen (secondary N) is 1. The Morgan fingerprint density at radius 1 is 1.20 bits per heavy atom. The van der Waals surface area contributed by atoms with Crippen LogP contribution in [0.5, 0.6) is 0 Å². The van der Waals surface area contributed by atoms with Crippen LogP contribution in [0.15, 0.2) is 29.3 Å². The number of anilines is 1. The predicted molar refractivity (Wildman–Crippen MR) is 106 cm³/mol. The minimum absolute atomic E-state index is 0.434. The number of aromatic nitrogens is 2. The Kier molecular flexibility index (Phi) is 6.62. The van der Waals surface area contributed by atoms with Gasteiger partial charge in [-0.05, 0) is 42.9 Å². The molecule has 1 atom stereocenters. The highest BCUT2D eigenvalue weighted by Crippen LogP contribution is 2.20. The van der Waals surface area contributed by atoms with Gasteiger partial charge >= 0.3 is 0 Å². The fraction of sp³-hybridized carbons (Fsp3) is 0.500. The molecular weight excluding hydrogens is 310 g/mol. The van der Waals surface area contributed by atoms with Gasteiger partial charge in [0, 0.05) is 24.0 Å². The smallest absolute Gasteiger partial charge is 0.193 e. The molecule has 1 unspecified atom stereocenters. The van der Waals surface area contributed by atoms with E-state index in [0.717, 1.165) is 30.6 Å². The van der Waals surface area contributed by atoms with E-state index in [1.807, 2.05) is 11.7 Å². The average Bonchev–Trinajstić information content (AvgIpc) is 2.94. The molecule has 0 aliphatic rings. The van der Waals surface area contributed by atoms with E-state index in [2.05, 4.69) is 67.4 Å².